The van der Waals surface area contributed by atoms with Gasteiger partial charge in [-0.25, -0.2) is 0 Å². The van der Waals surface area contributed by atoms with E-state index >= 15 is 0 Å². The van der Waals surface area contributed by atoms with Crippen LogP contribution in [0.1, 0.15) is 42.9 Å². The first-order chi connectivity index (χ1) is 8.34. The lowest BCUT2D eigenvalue weighted by Gasteiger charge is -2.39. The van der Waals surface area contributed by atoms with Crippen LogP contribution in [0.5, 0.6) is 0 Å². The van der Waals surface area contributed by atoms with Gasteiger partial charge in [-0.15, -0.1) is 24.8 Å². The normalized spacial score (nSPS) is 23.9. The molecular formula is C15H24Cl2N2. The second kappa shape index (κ2) is 7.49. The molecule has 2 aliphatic rings. The molecule has 0 amide bonds. The third-order valence-electron chi connectivity index (χ3n) is 4.35. The van der Waals surface area contributed by atoms with Crippen LogP contribution < -0.4 is 5.73 Å². The molecule has 2 N–H and O–H groups in total. The molecule has 1 aromatic rings. The Bertz CT molecular complexity index is 389. The van der Waals surface area contributed by atoms with Gasteiger partial charge in [0.05, 0.1) is 0 Å². The maximum absolute atomic E-state index is 5.99. The molecule has 1 fully saturated rings. The maximum atomic E-state index is 5.99. The summed E-state index contributed by atoms with van der Waals surface area (Å²) in [7, 11) is 0. The highest BCUT2D eigenvalue weighted by molar-refractivity contribution is 5.85. The van der Waals surface area contributed by atoms with Gasteiger partial charge in [0.2, 0.25) is 0 Å². The molecule has 1 aliphatic carbocycles. The smallest absolute Gasteiger partial charge is 0.0350 e. The summed E-state index contributed by atoms with van der Waals surface area (Å²) in [5.74, 6) is 0. The summed E-state index contributed by atoms with van der Waals surface area (Å²) >= 11 is 0. The number of nitrogens with two attached hydrogens (primary N) is 1. The van der Waals surface area contributed by atoms with Crippen LogP contribution in [-0.2, 0) is 6.42 Å². The third kappa shape index (κ3) is 3.63. The molecule has 0 spiro atoms. The minimum Gasteiger partial charge on any atom is -0.328 e. The van der Waals surface area contributed by atoms with Crippen molar-refractivity contribution in [3.8, 4) is 0 Å². The quantitative estimate of drug-likeness (QED) is 0.862. The molecule has 1 aliphatic heterocycles. The lowest BCUT2D eigenvalue weighted by molar-refractivity contribution is 0.139. The minimum absolute atomic E-state index is 0. The van der Waals surface area contributed by atoms with Crippen molar-refractivity contribution in [2.45, 2.75) is 44.2 Å². The summed E-state index contributed by atoms with van der Waals surface area (Å²) in [6.45, 7) is 2.36. The van der Waals surface area contributed by atoms with Crippen molar-refractivity contribution in [1.29, 1.82) is 0 Å². The number of rotatable bonds is 1. The Morgan fingerprint density at radius 3 is 2.42 bits per heavy atom. The number of halogens is 2. The zero-order valence-corrected chi connectivity index (χ0v) is 12.9. The number of piperidine rings is 1. The lowest BCUT2D eigenvalue weighted by atomic mass is 9.86. The van der Waals surface area contributed by atoms with Crippen molar-refractivity contribution in [2.24, 2.45) is 5.73 Å². The molecule has 0 radical (unpaired) electrons. The monoisotopic (exact) mass is 302 g/mol. The van der Waals surface area contributed by atoms with Gasteiger partial charge in [-0.05, 0) is 43.2 Å². The number of fused-ring (bicyclic) bond motifs is 1. The Morgan fingerprint density at radius 1 is 1.00 bits per heavy atom. The molecule has 0 bridgehead atoms. The van der Waals surface area contributed by atoms with Gasteiger partial charge in [0.1, 0.15) is 0 Å². The molecule has 3 rings (SSSR count). The van der Waals surface area contributed by atoms with Crippen LogP contribution in [0.25, 0.3) is 0 Å². The number of aryl methyl sites for hydroxylation is 1. The first kappa shape index (κ1) is 16.8. The molecule has 0 aromatic heterocycles. The molecule has 4 heteroatoms. The van der Waals surface area contributed by atoms with E-state index in [9.17, 15) is 0 Å². The topological polar surface area (TPSA) is 29.3 Å². The highest BCUT2D eigenvalue weighted by atomic mass is 35.5. The molecule has 0 saturated carbocycles. The first-order valence-electron chi connectivity index (χ1n) is 6.92. The second-order valence-electron chi connectivity index (χ2n) is 5.48. The first-order valence-corrected chi connectivity index (χ1v) is 6.92. The largest absolute Gasteiger partial charge is 0.328 e. The predicted octanol–water partition coefficient (Wildman–Crippen LogP) is 3.33. The Labute approximate surface area is 128 Å². The lowest BCUT2D eigenvalue weighted by Crippen LogP contribution is -2.42. The summed E-state index contributed by atoms with van der Waals surface area (Å²) < 4.78 is 0. The van der Waals surface area contributed by atoms with Crippen molar-refractivity contribution in [3.63, 3.8) is 0 Å². The number of hydrogen-bond acceptors (Lipinski definition) is 2. The molecule has 1 aromatic carbocycles. The number of nitrogens with zero attached hydrogens (tertiary/aromatic N) is 1. The van der Waals surface area contributed by atoms with Gasteiger partial charge in [-0.2, -0.15) is 0 Å². The Morgan fingerprint density at radius 2 is 1.68 bits per heavy atom. The van der Waals surface area contributed by atoms with E-state index in [1.807, 2.05) is 0 Å². The van der Waals surface area contributed by atoms with E-state index in [1.54, 1.807) is 11.1 Å². The molecule has 1 heterocycles. The van der Waals surface area contributed by atoms with Crippen molar-refractivity contribution in [2.75, 3.05) is 13.1 Å². The maximum Gasteiger partial charge on any atom is 0.0350 e. The van der Waals surface area contributed by atoms with Crippen LogP contribution in [0.4, 0.5) is 0 Å². The fraction of sp³-hybridized carbons (Fsp3) is 0.600. The highest BCUT2D eigenvalue weighted by Crippen LogP contribution is 2.35. The predicted molar refractivity (Wildman–Crippen MR) is 85.4 cm³/mol. The van der Waals surface area contributed by atoms with Gasteiger partial charge in [0.15, 0.2) is 0 Å². The molecule has 108 valence electrons. The van der Waals surface area contributed by atoms with E-state index in [2.05, 4.69) is 29.2 Å². The SMILES string of the molecule is Cl.Cl.NC1CCN(C2CCCc3ccccc32)CC1. The average molecular weight is 303 g/mol. The highest BCUT2D eigenvalue weighted by Gasteiger charge is 2.27. The summed E-state index contributed by atoms with van der Waals surface area (Å²) in [4.78, 5) is 2.65. The van der Waals surface area contributed by atoms with Gasteiger partial charge >= 0.3 is 0 Å². The van der Waals surface area contributed by atoms with E-state index in [0.29, 0.717) is 12.1 Å². The number of likely N-dealkylation sites (tertiary alicyclic amines) is 1. The van der Waals surface area contributed by atoms with Crippen molar-refractivity contribution in [1.82, 2.24) is 4.90 Å². The number of benzene rings is 1. The number of hydrogen-bond donors (Lipinski definition) is 1. The zero-order chi connectivity index (χ0) is 11.7. The molecule has 2 nitrogen and oxygen atoms in total. The molecule has 1 atom stereocenters. The van der Waals surface area contributed by atoms with Crippen molar-refractivity contribution in [3.05, 3.63) is 35.4 Å². The second-order valence-corrected chi connectivity index (χ2v) is 5.48. The average Bonchev–Trinajstić information content (AvgIpc) is 2.39. The van der Waals surface area contributed by atoms with E-state index in [-0.39, 0.29) is 24.8 Å². The molecular weight excluding hydrogens is 279 g/mol. The van der Waals surface area contributed by atoms with Gasteiger partial charge < -0.3 is 5.73 Å². The summed E-state index contributed by atoms with van der Waals surface area (Å²) in [6, 6.07) is 10.1. The van der Waals surface area contributed by atoms with Crippen LogP contribution in [0.3, 0.4) is 0 Å². The van der Waals surface area contributed by atoms with Crippen LogP contribution in [0.2, 0.25) is 0 Å². The van der Waals surface area contributed by atoms with E-state index < -0.39 is 0 Å². The summed E-state index contributed by atoms with van der Waals surface area (Å²) in [5, 5.41) is 0. The van der Waals surface area contributed by atoms with Crippen molar-refractivity contribution < 1.29 is 0 Å². The van der Waals surface area contributed by atoms with E-state index in [4.69, 9.17) is 5.73 Å². The van der Waals surface area contributed by atoms with Gasteiger partial charge in [-0.3, -0.25) is 4.90 Å². The Hall–Kier alpha value is -0.280. The van der Waals surface area contributed by atoms with Crippen LogP contribution in [0.15, 0.2) is 24.3 Å². The molecule has 1 saturated heterocycles. The standard InChI is InChI=1S/C15H22N2.2ClH/c16-13-8-10-17(11-9-13)15-7-3-5-12-4-1-2-6-14(12)15;;/h1-2,4,6,13,15H,3,5,7-11,16H2;2*1H. The van der Waals surface area contributed by atoms with Crippen LogP contribution in [0, 0.1) is 0 Å². The van der Waals surface area contributed by atoms with Crippen LogP contribution in [-0.4, -0.2) is 24.0 Å². The summed E-state index contributed by atoms with van der Waals surface area (Å²) in [5.41, 5.74) is 9.14. The fourth-order valence-corrected chi connectivity index (χ4v) is 3.34. The van der Waals surface area contributed by atoms with E-state index in [1.165, 1.54) is 45.2 Å². The van der Waals surface area contributed by atoms with Crippen molar-refractivity contribution >= 4 is 24.8 Å². The van der Waals surface area contributed by atoms with E-state index in [0.717, 1.165) is 0 Å². The molecule has 19 heavy (non-hydrogen) atoms. The molecule has 1 unspecified atom stereocenters. The third-order valence-corrected chi connectivity index (χ3v) is 4.35. The van der Waals surface area contributed by atoms with Gasteiger partial charge in [-0.1, -0.05) is 24.3 Å². The fourth-order valence-electron chi connectivity index (χ4n) is 3.34. The minimum atomic E-state index is 0. The zero-order valence-electron chi connectivity index (χ0n) is 11.3. The van der Waals surface area contributed by atoms with Crippen LogP contribution >= 0.6 is 24.8 Å². The Balaban J connectivity index is 0.000000902. The Kier molecular flexibility index (Phi) is 6.61. The van der Waals surface area contributed by atoms with Gasteiger partial charge in [0, 0.05) is 25.2 Å². The summed E-state index contributed by atoms with van der Waals surface area (Å²) in [6.07, 6.45) is 6.26. The van der Waals surface area contributed by atoms with Gasteiger partial charge in [0.25, 0.3) is 0 Å².